The molecule has 0 amide bonds. The summed E-state index contributed by atoms with van der Waals surface area (Å²) >= 11 is 5.86. The van der Waals surface area contributed by atoms with E-state index in [1.54, 1.807) is 38.1 Å². The summed E-state index contributed by atoms with van der Waals surface area (Å²) in [7, 11) is 0. The maximum Gasteiger partial charge on any atom is 0.305 e. The van der Waals surface area contributed by atoms with E-state index in [2.05, 4.69) is 6.07 Å². The Bertz CT molecular complexity index is 567. The van der Waals surface area contributed by atoms with Crippen molar-refractivity contribution in [1.29, 1.82) is 5.26 Å². The molecule has 124 valence electrons. The molecular weight excluding hydrogens is 318 g/mol. The van der Waals surface area contributed by atoms with Crippen molar-refractivity contribution in [2.45, 2.75) is 38.2 Å². The summed E-state index contributed by atoms with van der Waals surface area (Å²) in [6.45, 7) is 3.95. The summed E-state index contributed by atoms with van der Waals surface area (Å²) < 4.78 is 10.5. The highest BCUT2D eigenvalue weighted by Crippen LogP contribution is 2.34. The Kier molecular flexibility index (Phi) is 7.73. The Morgan fingerprint density at radius 2 is 2.00 bits per heavy atom. The van der Waals surface area contributed by atoms with Gasteiger partial charge in [-0.05, 0) is 31.5 Å². The molecule has 0 aliphatic carbocycles. The fourth-order valence-corrected chi connectivity index (χ4v) is 2.51. The number of halogens is 1. The van der Waals surface area contributed by atoms with E-state index in [9.17, 15) is 14.9 Å². The van der Waals surface area contributed by atoms with Crippen molar-refractivity contribution in [2.75, 3.05) is 13.2 Å². The van der Waals surface area contributed by atoms with Crippen molar-refractivity contribution in [3.05, 3.63) is 34.9 Å². The van der Waals surface area contributed by atoms with Crippen molar-refractivity contribution >= 4 is 23.9 Å². The van der Waals surface area contributed by atoms with Gasteiger partial charge in [0, 0.05) is 24.5 Å². The molecule has 0 N–H and O–H groups in total. The van der Waals surface area contributed by atoms with Crippen LogP contribution < -0.4 is 0 Å². The molecule has 2 unspecified atom stereocenters. The predicted molar refractivity (Wildman–Crippen MR) is 86.1 cm³/mol. The lowest BCUT2D eigenvalue weighted by Gasteiger charge is -2.31. The summed E-state index contributed by atoms with van der Waals surface area (Å²) in [4.78, 5) is 23.3. The molecule has 2 atom stereocenters. The van der Waals surface area contributed by atoms with E-state index in [4.69, 9.17) is 21.1 Å². The van der Waals surface area contributed by atoms with Crippen LogP contribution in [0.4, 0.5) is 0 Å². The Balaban J connectivity index is 3.10. The standard InChI is InChI=1S/C17H20ClNO4/c1-3-22-16(21)9-10-17(12-19,23-4-2)15(11-20)13-5-7-14(18)8-6-13/h5-8,11,15H,3-4,9-10H2,1-2H3. The third-order valence-electron chi connectivity index (χ3n) is 3.46. The second kappa shape index (κ2) is 9.29. The zero-order valence-corrected chi connectivity index (χ0v) is 14.0. The van der Waals surface area contributed by atoms with Crippen LogP contribution in [0.3, 0.4) is 0 Å². The molecule has 0 heterocycles. The number of hydrogen-bond acceptors (Lipinski definition) is 5. The van der Waals surface area contributed by atoms with Gasteiger partial charge in [0.05, 0.1) is 18.6 Å². The fourth-order valence-electron chi connectivity index (χ4n) is 2.38. The Morgan fingerprint density at radius 3 is 2.48 bits per heavy atom. The van der Waals surface area contributed by atoms with Crippen LogP contribution in [0.2, 0.25) is 5.02 Å². The van der Waals surface area contributed by atoms with Gasteiger partial charge in [-0.25, -0.2) is 0 Å². The lowest BCUT2D eigenvalue weighted by molar-refractivity contribution is -0.145. The first kappa shape index (κ1) is 19.1. The third-order valence-corrected chi connectivity index (χ3v) is 3.72. The van der Waals surface area contributed by atoms with Gasteiger partial charge in [0.1, 0.15) is 6.29 Å². The number of aldehydes is 1. The number of esters is 1. The molecule has 0 aliphatic rings. The molecule has 1 aromatic carbocycles. The normalized spacial score (nSPS) is 14.3. The minimum atomic E-state index is -1.42. The number of hydrogen-bond donors (Lipinski definition) is 0. The van der Waals surface area contributed by atoms with Crippen LogP contribution >= 0.6 is 11.6 Å². The average Bonchev–Trinajstić information content (AvgIpc) is 2.55. The van der Waals surface area contributed by atoms with E-state index in [0.29, 0.717) is 16.9 Å². The van der Waals surface area contributed by atoms with Crippen LogP contribution in [0, 0.1) is 11.3 Å². The first-order valence-electron chi connectivity index (χ1n) is 7.44. The van der Waals surface area contributed by atoms with Gasteiger partial charge in [-0.2, -0.15) is 5.26 Å². The molecule has 0 aliphatic heterocycles. The first-order chi connectivity index (χ1) is 11.0. The predicted octanol–water partition coefficient (Wildman–Crippen LogP) is 3.26. The maximum atomic E-state index is 11.7. The third kappa shape index (κ3) is 5.05. The molecule has 1 rings (SSSR count). The van der Waals surface area contributed by atoms with Crippen LogP contribution in [0.1, 0.15) is 38.2 Å². The summed E-state index contributed by atoms with van der Waals surface area (Å²) in [5.74, 6) is -1.24. The molecule has 0 radical (unpaired) electrons. The molecule has 0 aromatic heterocycles. The smallest absolute Gasteiger partial charge is 0.305 e. The minimum absolute atomic E-state index is 0.000665. The summed E-state index contributed by atoms with van der Waals surface area (Å²) in [5.41, 5.74) is -0.805. The highest BCUT2D eigenvalue weighted by atomic mass is 35.5. The van der Waals surface area contributed by atoms with E-state index in [0.717, 1.165) is 0 Å². The second-order valence-electron chi connectivity index (χ2n) is 4.90. The van der Waals surface area contributed by atoms with Gasteiger partial charge in [-0.15, -0.1) is 0 Å². The van der Waals surface area contributed by atoms with Gasteiger partial charge < -0.3 is 14.3 Å². The van der Waals surface area contributed by atoms with Crippen molar-refractivity contribution < 1.29 is 19.1 Å². The van der Waals surface area contributed by atoms with Crippen molar-refractivity contribution in [3.63, 3.8) is 0 Å². The molecule has 23 heavy (non-hydrogen) atoms. The second-order valence-corrected chi connectivity index (χ2v) is 5.34. The number of benzene rings is 1. The number of nitrogens with zero attached hydrogens (tertiary/aromatic N) is 1. The molecule has 0 spiro atoms. The molecule has 0 bridgehead atoms. The van der Waals surface area contributed by atoms with Crippen LogP contribution in [0.5, 0.6) is 0 Å². The van der Waals surface area contributed by atoms with Crippen molar-refractivity contribution in [3.8, 4) is 6.07 Å². The minimum Gasteiger partial charge on any atom is -0.466 e. The van der Waals surface area contributed by atoms with Gasteiger partial charge in [0.2, 0.25) is 0 Å². The van der Waals surface area contributed by atoms with Crippen LogP contribution in [0.15, 0.2) is 24.3 Å². The highest BCUT2D eigenvalue weighted by molar-refractivity contribution is 6.30. The summed E-state index contributed by atoms with van der Waals surface area (Å²) in [6, 6.07) is 8.73. The monoisotopic (exact) mass is 337 g/mol. The number of rotatable bonds is 9. The van der Waals surface area contributed by atoms with E-state index < -0.39 is 17.5 Å². The van der Waals surface area contributed by atoms with E-state index >= 15 is 0 Å². The largest absolute Gasteiger partial charge is 0.466 e. The lowest BCUT2D eigenvalue weighted by Crippen LogP contribution is -2.40. The molecular formula is C17H20ClNO4. The zero-order valence-electron chi connectivity index (χ0n) is 13.3. The van der Waals surface area contributed by atoms with Crippen LogP contribution in [-0.4, -0.2) is 31.1 Å². The van der Waals surface area contributed by atoms with Crippen LogP contribution in [0.25, 0.3) is 0 Å². The summed E-state index contributed by atoms with van der Waals surface area (Å²) in [6.07, 6.45) is 0.745. The molecule has 1 aromatic rings. The quantitative estimate of drug-likeness (QED) is 0.510. The zero-order chi connectivity index (χ0) is 17.3. The highest BCUT2D eigenvalue weighted by Gasteiger charge is 2.41. The van der Waals surface area contributed by atoms with E-state index in [-0.39, 0.29) is 26.1 Å². The average molecular weight is 338 g/mol. The van der Waals surface area contributed by atoms with Crippen molar-refractivity contribution in [1.82, 2.24) is 0 Å². The van der Waals surface area contributed by atoms with E-state index in [1.165, 1.54) is 0 Å². The van der Waals surface area contributed by atoms with Crippen LogP contribution in [-0.2, 0) is 19.1 Å². The van der Waals surface area contributed by atoms with E-state index in [1.807, 2.05) is 0 Å². The SMILES string of the molecule is CCOC(=O)CCC(C#N)(OCC)C(C=O)c1ccc(Cl)cc1. The molecule has 5 nitrogen and oxygen atoms in total. The molecule has 0 saturated heterocycles. The summed E-state index contributed by atoms with van der Waals surface area (Å²) in [5, 5.41) is 10.2. The molecule has 0 fully saturated rings. The van der Waals surface area contributed by atoms with Gasteiger partial charge in [0.25, 0.3) is 0 Å². The maximum absolute atomic E-state index is 11.7. The van der Waals surface area contributed by atoms with Gasteiger partial charge >= 0.3 is 5.97 Å². The fraction of sp³-hybridized carbons (Fsp3) is 0.471. The van der Waals surface area contributed by atoms with Crippen molar-refractivity contribution in [2.24, 2.45) is 0 Å². The van der Waals surface area contributed by atoms with Gasteiger partial charge in [0.15, 0.2) is 5.60 Å². The lowest BCUT2D eigenvalue weighted by atomic mass is 9.80. The number of carbonyl (C=O) groups excluding carboxylic acids is 2. The number of nitriles is 1. The number of carbonyl (C=O) groups is 2. The Hall–Kier alpha value is -1.90. The number of ether oxygens (including phenoxy) is 2. The Morgan fingerprint density at radius 1 is 1.35 bits per heavy atom. The topological polar surface area (TPSA) is 76.4 Å². The first-order valence-corrected chi connectivity index (χ1v) is 7.82. The molecule has 6 heteroatoms. The molecule has 0 saturated carbocycles. The Labute approximate surface area is 141 Å². The van der Waals surface area contributed by atoms with Gasteiger partial charge in [-0.3, -0.25) is 4.79 Å². The van der Waals surface area contributed by atoms with Gasteiger partial charge in [-0.1, -0.05) is 23.7 Å².